The Morgan fingerprint density at radius 1 is 1.45 bits per heavy atom. The van der Waals surface area contributed by atoms with Crippen molar-refractivity contribution in [3.63, 3.8) is 0 Å². The van der Waals surface area contributed by atoms with Crippen molar-refractivity contribution in [1.82, 2.24) is 4.57 Å². The minimum absolute atomic E-state index is 0.293. The summed E-state index contributed by atoms with van der Waals surface area (Å²) in [4.78, 5) is 12.0. The van der Waals surface area contributed by atoms with Gasteiger partial charge in [0.1, 0.15) is 0 Å². The fourth-order valence-corrected chi connectivity index (χ4v) is 3.75. The van der Waals surface area contributed by atoms with Crippen LogP contribution in [0.2, 0.25) is 0 Å². The molecule has 4 nitrogen and oxygen atoms in total. The number of methoxy groups -OCH3 is 1. The quantitative estimate of drug-likeness (QED) is 0.773. The minimum atomic E-state index is -0.293. The molecule has 0 radical (unpaired) electrons. The highest BCUT2D eigenvalue weighted by Gasteiger charge is 2.19. The second kappa shape index (κ2) is 6.42. The molecule has 0 bridgehead atoms. The van der Waals surface area contributed by atoms with Crippen molar-refractivity contribution in [3.8, 4) is 0 Å². The maximum Gasteiger partial charge on any atom is 0.338 e. The van der Waals surface area contributed by atoms with Crippen molar-refractivity contribution < 1.29 is 14.3 Å². The molecule has 1 aliphatic heterocycles. The van der Waals surface area contributed by atoms with Crippen LogP contribution < -0.4 is 0 Å². The average Bonchev–Trinajstić information content (AvgIpc) is 2.95. The van der Waals surface area contributed by atoms with E-state index in [1.54, 1.807) is 0 Å². The van der Waals surface area contributed by atoms with Crippen molar-refractivity contribution in [2.75, 3.05) is 20.3 Å². The van der Waals surface area contributed by atoms with Crippen LogP contribution in [0.3, 0.4) is 0 Å². The van der Waals surface area contributed by atoms with Crippen LogP contribution in [-0.4, -0.2) is 30.9 Å². The predicted molar refractivity (Wildman–Crippen MR) is 89.3 cm³/mol. The number of fused-ring (bicyclic) bond motifs is 1. The lowest BCUT2D eigenvalue weighted by atomic mass is 10.00. The molecule has 0 aliphatic carbocycles. The van der Waals surface area contributed by atoms with Crippen LogP contribution in [0.15, 0.2) is 22.8 Å². The van der Waals surface area contributed by atoms with Gasteiger partial charge in [0, 0.05) is 35.8 Å². The van der Waals surface area contributed by atoms with Gasteiger partial charge in [-0.1, -0.05) is 15.9 Å². The number of esters is 1. The number of carbonyl (C=O) groups is 1. The number of halogens is 1. The summed E-state index contributed by atoms with van der Waals surface area (Å²) in [6, 6.07) is 3.95. The van der Waals surface area contributed by atoms with E-state index in [0.29, 0.717) is 11.5 Å². The summed E-state index contributed by atoms with van der Waals surface area (Å²) in [6.45, 7) is 4.65. The highest BCUT2D eigenvalue weighted by molar-refractivity contribution is 9.10. The lowest BCUT2D eigenvalue weighted by molar-refractivity contribution is 0.0600. The van der Waals surface area contributed by atoms with Gasteiger partial charge in [-0.3, -0.25) is 0 Å². The number of hydrogen-bond donors (Lipinski definition) is 0. The molecule has 22 heavy (non-hydrogen) atoms. The number of carbonyl (C=O) groups excluding carboxylic acids is 1. The molecule has 1 aliphatic rings. The van der Waals surface area contributed by atoms with Gasteiger partial charge in [-0.05, 0) is 43.4 Å². The molecule has 1 saturated heterocycles. The van der Waals surface area contributed by atoms with Gasteiger partial charge in [0.25, 0.3) is 0 Å². The number of rotatable bonds is 3. The zero-order chi connectivity index (χ0) is 15.7. The van der Waals surface area contributed by atoms with Gasteiger partial charge < -0.3 is 14.0 Å². The van der Waals surface area contributed by atoms with Crippen LogP contribution in [-0.2, 0) is 16.0 Å². The summed E-state index contributed by atoms with van der Waals surface area (Å²) in [5, 5.41) is 1.14. The number of nitrogens with zero attached hydrogens (tertiary/aromatic N) is 1. The summed E-state index contributed by atoms with van der Waals surface area (Å²) < 4.78 is 13.5. The Labute approximate surface area is 138 Å². The molecule has 5 heteroatoms. The molecule has 1 fully saturated rings. The first-order chi connectivity index (χ1) is 10.6. The van der Waals surface area contributed by atoms with E-state index in [4.69, 9.17) is 9.47 Å². The molecule has 0 N–H and O–H groups in total. The molecule has 118 valence electrons. The van der Waals surface area contributed by atoms with Crippen molar-refractivity contribution in [3.05, 3.63) is 33.9 Å². The van der Waals surface area contributed by atoms with Crippen LogP contribution in [0.4, 0.5) is 0 Å². The van der Waals surface area contributed by atoms with Crippen LogP contribution in [0.25, 0.3) is 10.9 Å². The molecular weight excluding hydrogens is 346 g/mol. The van der Waals surface area contributed by atoms with Gasteiger partial charge in [-0.2, -0.15) is 0 Å². The third kappa shape index (κ3) is 2.79. The van der Waals surface area contributed by atoms with Crippen LogP contribution in [0.5, 0.6) is 0 Å². The van der Waals surface area contributed by atoms with Crippen LogP contribution in [0.1, 0.15) is 28.8 Å². The van der Waals surface area contributed by atoms with E-state index >= 15 is 0 Å². The molecule has 2 heterocycles. The van der Waals surface area contributed by atoms with Gasteiger partial charge in [0.05, 0.1) is 18.2 Å². The van der Waals surface area contributed by atoms with Crippen LogP contribution in [0, 0.1) is 12.8 Å². The predicted octanol–water partition coefficient (Wildman–Crippen LogP) is 3.93. The SMILES string of the molecule is COC(=O)c1cc(Br)c2ccn(CC3CCOCC3)c2c1C. The summed E-state index contributed by atoms with van der Waals surface area (Å²) in [6.07, 6.45) is 4.30. The Balaban J connectivity index is 2.04. The number of aryl methyl sites for hydroxylation is 1. The van der Waals surface area contributed by atoms with Gasteiger partial charge in [0.2, 0.25) is 0 Å². The zero-order valence-electron chi connectivity index (χ0n) is 12.9. The van der Waals surface area contributed by atoms with Crippen molar-refractivity contribution in [2.24, 2.45) is 5.92 Å². The van der Waals surface area contributed by atoms with Crippen molar-refractivity contribution >= 4 is 32.8 Å². The Morgan fingerprint density at radius 2 is 2.18 bits per heavy atom. The standard InChI is InChI=1S/C17H20BrNO3/c1-11-14(17(20)21-2)9-15(18)13-3-6-19(16(11)13)10-12-4-7-22-8-5-12/h3,6,9,12H,4-5,7-8,10H2,1-2H3. The van der Waals surface area contributed by atoms with Crippen molar-refractivity contribution in [2.45, 2.75) is 26.3 Å². The molecule has 1 aromatic heterocycles. The first-order valence-corrected chi connectivity index (χ1v) is 8.35. The first-order valence-electron chi connectivity index (χ1n) is 7.55. The Kier molecular flexibility index (Phi) is 4.54. The lowest BCUT2D eigenvalue weighted by Crippen LogP contribution is -2.20. The highest BCUT2D eigenvalue weighted by atomic mass is 79.9. The monoisotopic (exact) mass is 365 g/mol. The summed E-state index contributed by atoms with van der Waals surface area (Å²) in [7, 11) is 1.42. The molecular formula is C17H20BrNO3. The third-order valence-corrected chi connectivity index (χ3v) is 5.11. The maximum absolute atomic E-state index is 12.0. The summed E-state index contributed by atoms with van der Waals surface area (Å²) >= 11 is 3.58. The summed E-state index contributed by atoms with van der Waals surface area (Å²) in [5.74, 6) is 0.336. The van der Waals surface area contributed by atoms with E-state index in [1.807, 2.05) is 13.0 Å². The number of benzene rings is 1. The topological polar surface area (TPSA) is 40.5 Å². The van der Waals surface area contributed by atoms with E-state index in [1.165, 1.54) is 7.11 Å². The average molecular weight is 366 g/mol. The van der Waals surface area contributed by atoms with Crippen LogP contribution >= 0.6 is 15.9 Å². The second-order valence-electron chi connectivity index (χ2n) is 5.81. The molecule has 3 rings (SSSR count). The molecule has 0 saturated carbocycles. The van der Waals surface area contributed by atoms with E-state index in [0.717, 1.165) is 53.5 Å². The van der Waals surface area contributed by atoms with E-state index in [9.17, 15) is 4.79 Å². The highest BCUT2D eigenvalue weighted by Crippen LogP contribution is 2.32. The third-order valence-electron chi connectivity index (χ3n) is 4.45. The van der Waals surface area contributed by atoms with E-state index < -0.39 is 0 Å². The van der Waals surface area contributed by atoms with E-state index in [-0.39, 0.29) is 5.97 Å². The van der Waals surface area contributed by atoms with Gasteiger partial charge >= 0.3 is 5.97 Å². The molecule has 0 atom stereocenters. The molecule has 2 aromatic rings. The number of aromatic nitrogens is 1. The Morgan fingerprint density at radius 3 is 2.86 bits per heavy atom. The fourth-order valence-electron chi connectivity index (χ4n) is 3.20. The fraction of sp³-hybridized carbons (Fsp3) is 0.471. The second-order valence-corrected chi connectivity index (χ2v) is 6.66. The molecule has 1 aromatic carbocycles. The Bertz CT molecular complexity index is 701. The van der Waals surface area contributed by atoms with Crippen molar-refractivity contribution in [1.29, 1.82) is 0 Å². The molecule has 0 spiro atoms. The van der Waals surface area contributed by atoms with E-state index in [2.05, 4.69) is 32.8 Å². The smallest absolute Gasteiger partial charge is 0.338 e. The normalized spacial score (nSPS) is 16.1. The molecule has 0 amide bonds. The number of hydrogen-bond acceptors (Lipinski definition) is 3. The molecule has 0 unspecified atom stereocenters. The van der Waals surface area contributed by atoms with Gasteiger partial charge in [0.15, 0.2) is 0 Å². The number of ether oxygens (including phenoxy) is 2. The Hall–Kier alpha value is -1.33. The maximum atomic E-state index is 12.0. The first kappa shape index (κ1) is 15.6. The minimum Gasteiger partial charge on any atom is -0.465 e. The van der Waals surface area contributed by atoms with Gasteiger partial charge in [-0.15, -0.1) is 0 Å². The lowest BCUT2D eigenvalue weighted by Gasteiger charge is -2.23. The van der Waals surface area contributed by atoms with Gasteiger partial charge in [-0.25, -0.2) is 4.79 Å². The zero-order valence-corrected chi connectivity index (χ0v) is 14.5. The largest absolute Gasteiger partial charge is 0.465 e. The summed E-state index contributed by atoms with van der Waals surface area (Å²) in [5.41, 5.74) is 2.71.